The molecule has 0 fully saturated rings. The van der Waals surface area contributed by atoms with Gasteiger partial charge in [0.25, 0.3) is 0 Å². The third kappa shape index (κ3) is 3.58. The first kappa shape index (κ1) is 13.7. The first-order valence-electron chi connectivity index (χ1n) is 6.53. The third-order valence-corrected chi connectivity index (χ3v) is 4.25. The Balaban J connectivity index is 2.63. The van der Waals surface area contributed by atoms with Crippen LogP contribution in [-0.2, 0) is 0 Å². The highest BCUT2D eigenvalue weighted by Crippen LogP contribution is 2.31. The second-order valence-electron chi connectivity index (χ2n) is 6.25. The predicted octanol–water partition coefficient (Wildman–Crippen LogP) is 3.22. The van der Waals surface area contributed by atoms with Gasteiger partial charge in [0, 0.05) is 17.8 Å². The Bertz CT molecular complexity index is 243. The molecule has 1 heterocycles. The minimum atomic E-state index is 0.292. The molecule has 1 aliphatic heterocycles. The standard InChI is InChI=1S/C14H28N2/c1-11-10-15-12(2)7-8-13(11)9-14(3,4)16(5)6/h10-13H,7-9H2,1-6H3. The van der Waals surface area contributed by atoms with Crippen LogP contribution in [-0.4, -0.2) is 36.8 Å². The Morgan fingerprint density at radius 3 is 2.44 bits per heavy atom. The van der Waals surface area contributed by atoms with Crippen LogP contribution in [0, 0.1) is 11.8 Å². The summed E-state index contributed by atoms with van der Waals surface area (Å²) in [5, 5.41) is 0. The van der Waals surface area contributed by atoms with E-state index in [0.29, 0.717) is 17.5 Å². The van der Waals surface area contributed by atoms with Gasteiger partial charge >= 0.3 is 0 Å². The zero-order valence-electron chi connectivity index (χ0n) is 11.8. The van der Waals surface area contributed by atoms with E-state index in [1.54, 1.807) is 0 Å². The summed E-state index contributed by atoms with van der Waals surface area (Å²) in [6, 6.07) is 0.523. The molecule has 3 unspecified atom stereocenters. The Kier molecular flexibility index (Phi) is 4.54. The summed E-state index contributed by atoms with van der Waals surface area (Å²) in [6.45, 7) is 9.22. The number of hydrogen-bond donors (Lipinski definition) is 0. The zero-order chi connectivity index (χ0) is 12.3. The van der Waals surface area contributed by atoms with Crippen molar-refractivity contribution in [3.05, 3.63) is 0 Å². The lowest BCUT2D eigenvalue weighted by molar-refractivity contribution is 0.142. The molecule has 2 heteroatoms. The average Bonchev–Trinajstić information content (AvgIpc) is 2.32. The van der Waals surface area contributed by atoms with E-state index in [4.69, 9.17) is 0 Å². The quantitative estimate of drug-likeness (QED) is 0.718. The van der Waals surface area contributed by atoms with Crippen molar-refractivity contribution in [1.82, 2.24) is 4.90 Å². The summed E-state index contributed by atoms with van der Waals surface area (Å²) in [5.41, 5.74) is 0.292. The van der Waals surface area contributed by atoms with Crippen LogP contribution in [0.15, 0.2) is 4.99 Å². The van der Waals surface area contributed by atoms with Crippen molar-refractivity contribution >= 4 is 6.21 Å². The summed E-state index contributed by atoms with van der Waals surface area (Å²) in [5.74, 6) is 1.41. The van der Waals surface area contributed by atoms with E-state index in [-0.39, 0.29) is 0 Å². The molecular formula is C14H28N2. The molecule has 0 amide bonds. The molecule has 0 saturated carbocycles. The van der Waals surface area contributed by atoms with E-state index in [9.17, 15) is 0 Å². The van der Waals surface area contributed by atoms with E-state index in [1.807, 2.05) is 0 Å². The van der Waals surface area contributed by atoms with Gasteiger partial charge in [0.05, 0.1) is 0 Å². The Morgan fingerprint density at radius 1 is 1.25 bits per heavy atom. The molecule has 0 saturated heterocycles. The molecular weight excluding hydrogens is 196 g/mol. The Hall–Kier alpha value is -0.370. The summed E-state index contributed by atoms with van der Waals surface area (Å²) < 4.78 is 0. The number of aliphatic imine (C=N–C) groups is 1. The molecule has 3 atom stereocenters. The second-order valence-corrected chi connectivity index (χ2v) is 6.25. The largest absolute Gasteiger partial charge is 0.304 e. The van der Waals surface area contributed by atoms with Crippen molar-refractivity contribution in [1.29, 1.82) is 0 Å². The van der Waals surface area contributed by atoms with Gasteiger partial charge in [-0.05, 0) is 66.0 Å². The van der Waals surface area contributed by atoms with Crippen LogP contribution in [0.5, 0.6) is 0 Å². The lowest BCUT2D eigenvalue weighted by Gasteiger charge is -2.37. The highest BCUT2D eigenvalue weighted by molar-refractivity contribution is 5.61. The molecule has 0 aromatic carbocycles. The van der Waals surface area contributed by atoms with E-state index < -0.39 is 0 Å². The van der Waals surface area contributed by atoms with Gasteiger partial charge < -0.3 is 4.90 Å². The van der Waals surface area contributed by atoms with Crippen LogP contribution in [0.4, 0.5) is 0 Å². The summed E-state index contributed by atoms with van der Waals surface area (Å²) in [6.07, 6.45) is 6.02. The lowest BCUT2D eigenvalue weighted by atomic mass is 9.80. The molecule has 16 heavy (non-hydrogen) atoms. The van der Waals surface area contributed by atoms with Crippen LogP contribution in [0.25, 0.3) is 0 Å². The second kappa shape index (κ2) is 5.31. The molecule has 0 N–H and O–H groups in total. The first-order chi connectivity index (χ1) is 7.33. The van der Waals surface area contributed by atoms with Crippen molar-refractivity contribution < 1.29 is 0 Å². The monoisotopic (exact) mass is 224 g/mol. The molecule has 0 aromatic rings. The fourth-order valence-corrected chi connectivity index (χ4v) is 2.31. The van der Waals surface area contributed by atoms with E-state index in [0.717, 1.165) is 5.92 Å². The smallest absolute Gasteiger partial charge is 0.0467 e. The molecule has 2 nitrogen and oxygen atoms in total. The first-order valence-corrected chi connectivity index (χ1v) is 6.53. The summed E-state index contributed by atoms with van der Waals surface area (Å²) in [4.78, 5) is 6.93. The van der Waals surface area contributed by atoms with E-state index in [1.165, 1.54) is 19.3 Å². The molecule has 1 rings (SSSR count). The minimum absolute atomic E-state index is 0.292. The lowest BCUT2D eigenvalue weighted by Crippen LogP contribution is -2.40. The van der Waals surface area contributed by atoms with E-state index in [2.05, 4.69) is 57.9 Å². The van der Waals surface area contributed by atoms with Crippen molar-refractivity contribution in [3.8, 4) is 0 Å². The van der Waals surface area contributed by atoms with Gasteiger partial charge in [-0.2, -0.15) is 0 Å². The Morgan fingerprint density at radius 2 is 1.88 bits per heavy atom. The molecule has 1 aliphatic rings. The van der Waals surface area contributed by atoms with Crippen molar-refractivity contribution in [2.24, 2.45) is 16.8 Å². The van der Waals surface area contributed by atoms with Gasteiger partial charge in [-0.15, -0.1) is 0 Å². The van der Waals surface area contributed by atoms with Crippen molar-refractivity contribution in [2.75, 3.05) is 14.1 Å². The highest BCUT2D eigenvalue weighted by Gasteiger charge is 2.29. The topological polar surface area (TPSA) is 15.6 Å². The number of rotatable bonds is 3. The van der Waals surface area contributed by atoms with Gasteiger partial charge in [-0.25, -0.2) is 0 Å². The summed E-state index contributed by atoms with van der Waals surface area (Å²) in [7, 11) is 4.36. The minimum Gasteiger partial charge on any atom is -0.304 e. The normalized spacial score (nSPS) is 31.8. The van der Waals surface area contributed by atoms with Gasteiger partial charge in [-0.3, -0.25) is 4.99 Å². The van der Waals surface area contributed by atoms with Crippen LogP contribution >= 0.6 is 0 Å². The van der Waals surface area contributed by atoms with Gasteiger partial charge in [0.1, 0.15) is 0 Å². The van der Waals surface area contributed by atoms with Crippen LogP contribution < -0.4 is 0 Å². The van der Waals surface area contributed by atoms with Gasteiger partial charge in [0.2, 0.25) is 0 Å². The molecule has 0 radical (unpaired) electrons. The molecule has 0 bridgehead atoms. The van der Waals surface area contributed by atoms with Gasteiger partial charge in [-0.1, -0.05) is 6.92 Å². The number of hydrogen-bond acceptors (Lipinski definition) is 2. The maximum absolute atomic E-state index is 4.59. The highest BCUT2D eigenvalue weighted by atomic mass is 15.1. The molecule has 0 aromatic heterocycles. The van der Waals surface area contributed by atoms with Crippen LogP contribution in [0.3, 0.4) is 0 Å². The molecule has 0 spiro atoms. The molecule has 94 valence electrons. The maximum atomic E-state index is 4.59. The van der Waals surface area contributed by atoms with Crippen molar-refractivity contribution in [2.45, 2.75) is 58.5 Å². The number of nitrogens with zero attached hydrogens (tertiary/aromatic N) is 2. The van der Waals surface area contributed by atoms with E-state index >= 15 is 0 Å². The average molecular weight is 224 g/mol. The van der Waals surface area contributed by atoms with Gasteiger partial charge in [0.15, 0.2) is 0 Å². The fraction of sp³-hybridized carbons (Fsp3) is 0.929. The van der Waals surface area contributed by atoms with Crippen LogP contribution in [0.2, 0.25) is 0 Å². The van der Waals surface area contributed by atoms with Crippen LogP contribution in [0.1, 0.15) is 47.0 Å². The SMILES string of the molecule is CC1CCC(CC(C)(C)N(C)C)C(C)C=N1. The third-order valence-electron chi connectivity index (χ3n) is 4.25. The maximum Gasteiger partial charge on any atom is 0.0467 e. The zero-order valence-corrected chi connectivity index (χ0v) is 11.8. The molecule has 0 aliphatic carbocycles. The fourth-order valence-electron chi connectivity index (χ4n) is 2.31. The summed E-state index contributed by atoms with van der Waals surface area (Å²) >= 11 is 0. The Labute approximate surface area is 101 Å². The predicted molar refractivity (Wildman–Crippen MR) is 72.2 cm³/mol. The van der Waals surface area contributed by atoms with Crippen molar-refractivity contribution in [3.63, 3.8) is 0 Å².